The molecule has 0 aliphatic carbocycles. The van der Waals surface area contributed by atoms with Crippen molar-refractivity contribution in [1.82, 2.24) is 0 Å². The smallest absolute Gasteiger partial charge is 0.387 e. The fourth-order valence-corrected chi connectivity index (χ4v) is 1.42. The molecule has 0 radical (unpaired) electrons. The number of nitrogens with one attached hydrogen (secondary N) is 1. The standard InChI is InChI=1S/C13H18F2N2O3.ClH/c1-7(8(2)16)12(18)17-10-6-9(19-3)4-5-11(10)20-13(14)15;/h4-8,13H,16H2,1-3H3,(H,17,18);1H. The predicted molar refractivity (Wildman–Crippen MR) is 78.3 cm³/mol. The Kier molecular flexibility index (Phi) is 7.98. The molecule has 2 atom stereocenters. The first-order valence-corrected chi connectivity index (χ1v) is 6.04. The Labute approximate surface area is 128 Å². The fourth-order valence-electron chi connectivity index (χ4n) is 1.42. The van der Waals surface area contributed by atoms with Gasteiger partial charge in [0.15, 0.2) is 0 Å². The monoisotopic (exact) mass is 324 g/mol. The van der Waals surface area contributed by atoms with Crippen molar-refractivity contribution in [3.8, 4) is 11.5 Å². The number of amides is 1. The molecule has 1 aromatic carbocycles. The Balaban J connectivity index is 0.00000400. The van der Waals surface area contributed by atoms with E-state index in [0.29, 0.717) is 5.75 Å². The van der Waals surface area contributed by atoms with Crippen LogP contribution in [0.4, 0.5) is 14.5 Å². The van der Waals surface area contributed by atoms with Crippen LogP contribution in [0.5, 0.6) is 11.5 Å². The van der Waals surface area contributed by atoms with E-state index in [1.807, 2.05) is 0 Å². The third kappa shape index (κ3) is 5.73. The van der Waals surface area contributed by atoms with E-state index in [9.17, 15) is 13.6 Å². The number of nitrogens with two attached hydrogens (primary N) is 1. The minimum absolute atomic E-state index is 0. The molecular weight excluding hydrogens is 306 g/mol. The van der Waals surface area contributed by atoms with E-state index in [4.69, 9.17) is 10.5 Å². The molecule has 0 spiro atoms. The summed E-state index contributed by atoms with van der Waals surface area (Å²) in [6.07, 6.45) is 0. The largest absolute Gasteiger partial charge is 0.497 e. The molecule has 8 heteroatoms. The molecule has 0 fully saturated rings. The highest BCUT2D eigenvalue weighted by molar-refractivity contribution is 5.94. The number of ether oxygens (including phenoxy) is 2. The van der Waals surface area contributed by atoms with Crippen molar-refractivity contribution in [3.05, 3.63) is 18.2 Å². The molecule has 0 heterocycles. The van der Waals surface area contributed by atoms with Crippen molar-refractivity contribution in [2.45, 2.75) is 26.5 Å². The molecular formula is C13H19ClF2N2O3. The summed E-state index contributed by atoms with van der Waals surface area (Å²) in [6.45, 7) is 0.352. The molecule has 0 aliphatic rings. The second-order valence-electron chi connectivity index (χ2n) is 4.38. The summed E-state index contributed by atoms with van der Waals surface area (Å²) in [4.78, 5) is 11.9. The van der Waals surface area contributed by atoms with Gasteiger partial charge in [0.25, 0.3) is 0 Å². The fraction of sp³-hybridized carbons (Fsp3) is 0.462. The molecule has 2 unspecified atom stereocenters. The summed E-state index contributed by atoms with van der Waals surface area (Å²) >= 11 is 0. The maximum atomic E-state index is 12.3. The third-order valence-electron chi connectivity index (χ3n) is 2.86. The Morgan fingerprint density at radius 3 is 2.43 bits per heavy atom. The minimum atomic E-state index is -2.98. The van der Waals surface area contributed by atoms with Crippen molar-refractivity contribution in [3.63, 3.8) is 0 Å². The zero-order valence-corrected chi connectivity index (χ0v) is 12.7. The normalized spacial score (nSPS) is 13.1. The molecule has 5 nitrogen and oxygen atoms in total. The number of alkyl halides is 2. The lowest BCUT2D eigenvalue weighted by molar-refractivity contribution is -0.119. The van der Waals surface area contributed by atoms with Crippen LogP contribution in [0.1, 0.15) is 13.8 Å². The number of rotatable bonds is 6. The van der Waals surface area contributed by atoms with E-state index >= 15 is 0 Å². The lowest BCUT2D eigenvalue weighted by atomic mass is 10.0. The van der Waals surface area contributed by atoms with Gasteiger partial charge in [-0.05, 0) is 19.1 Å². The number of anilines is 1. The quantitative estimate of drug-likeness (QED) is 0.843. The number of methoxy groups -OCH3 is 1. The Hall–Kier alpha value is -1.60. The Morgan fingerprint density at radius 1 is 1.33 bits per heavy atom. The van der Waals surface area contributed by atoms with Gasteiger partial charge in [-0.2, -0.15) is 8.78 Å². The number of carbonyl (C=O) groups is 1. The molecule has 1 rings (SSSR count). The number of carbonyl (C=O) groups excluding carboxylic acids is 1. The molecule has 21 heavy (non-hydrogen) atoms. The van der Waals surface area contributed by atoms with Gasteiger partial charge in [0.05, 0.1) is 18.7 Å². The van der Waals surface area contributed by atoms with Gasteiger partial charge < -0.3 is 20.5 Å². The molecule has 0 saturated heterocycles. The van der Waals surface area contributed by atoms with Crippen molar-refractivity contribution in [1.29, 1.82) is 0 Å². The average molecular weight is 325 g/mol. The van der Waals surface area contributed by atoms with Gasteiger partial charge in [-0.25, -0.2) is 0 Å². The van der Waals surface area contributed by atoms with Crippen LogP contribution in [0, 0.1) is 5.92 Å². The third-order valence-corrected chi connectivity index (χ3v) is 2.86. The average Bonchev–Trinajstić information content (AvgIpc) is 2.38. The maximum absolute atomic E-state index is 12.3. The highest BCUT2D eigenvalue weighted by Crippen LogP contribution is 2.30. The summed E-state index contributed by atoms with van der Waals surface area (Å²) < 4.78 is 34.0. The van der Waals surface area contributed by atoms with Crippen LogP contribution >= 0.6 is 12.4 Å². The van der Waals surface area contributed by atoms with Crippen LogP contribution in [0.15, 0.2) is 18.2 Å². The van der Waals surface area contributed by atoms with E-state index in [-0.39, 0.29) is 35.8 Å². The molecule has 1 amide bonds. The van der Waals surface area contributed by atoms with E-state index < -0.39 is 12.5 Å². The summed E-state index contributed by atoms with van der Waals surface area (Å²) in [7, 11) is 1.43. The van der Waals surface area contributed by atoms with Gasteiger partial charge in [0, 0.05) is 12.1 Å². The van der Waals surface area contributed by atoms with E-state index in [1.54, 1.807) is 13.8 Å². The second-order valence-corrected chi connectivity index (χ2v) is 4.38. The summed E-state index contributed by atoms with van der Waals surface area (Å²) in [5, 5.41) is 2.51. The lowest BCUT2D eigenvalue weighted by Gasteiger charge is -2.18. The molecule has 1 aromatic rings. The van der Waals surface area contributed by atoms with Crippen molar-refractivity contribution in [2.24, 2.45) is 11.7 Å². The van der Waals surface area contributed by atoms with E-state index in [2.05, 4.69) is 10.1 Å². The molecule has 0 bridgehead atoms. The van der Waals surface area contributed by atoms with E-state index in [1.165, 1.54) is 25.3 Å². The summed E-state index contributed by atoms with van der Waals surface area (Å²) in [5.41, 5.74) is 5.74. The van der Waals surface area contributed by atoms with Crippen LogP contribution in [0.25, 0.3) is 0 Å². The number of hydrogen-bond donors (Lipinski definition) is 2. The van der Waals surface area contributed by atoms with Crippen LogP contribution in [-0.2, 0) is 4.79 Å². The molecule has 0 aromatic heterocycles. The first-order chi connectivity index (χ1) is 9.35. The Bertz CT molecular complexity index is 473. The molecule has 0 saturated carbocycles. The lowest BCUT2D eigenvalue weighted by Crippen LogP contribution is -2.34. The molecule has 3 N–H and O–H groups in total. The molecule has 120 valence electrons. The zero-order chi connectivity index (χ0) is 15.3. The molecule has 0 aliphatic heterocycles. The van der Waals surface area contributed by atoms with Gasteiger partial charge in [0.2, 0.25) is 5.91 Å². The number of halogens is 3. The van der Waals surface area contributed by atoms with E-state index in [0.717, 1.165) is 0 Å². The van der Waals surface area contributed by atoms with Crippen LogP contribution in [-0.4, -0.2) is 25.7 Å². The van der Waals surface area contributed by atoms with Crippen molar-refractivity contribution in [2.75, 3.05) is 12.4 Å². The minimum Gasteiger partial charge on any atom is -0.497 e. The van der Waals surface area contributed by atoms with Gasteiger partial charge in [-0.3, -0.25) is 4.79 Å². The van der Waals surface area contributed by atoms with Gasteiger partial charge in [-0.15, -0.1) is 12.4 Å². The zero-order valence-electron chi connectivity index (χ0n) is 11.9. The number of benzene rings is 1. The van der Waals surface area contributed by atoms with Crippen LogP contribution in [0.3, 0.4) is 0 Å². The summed E-state index contributed by atoms with van der Waals surface area (Å²) in [5.74, 6) is -0.575. The Morgan fingerprint density at radius 2 is 1.95 bits per heavy atom. The maximum Gasteiger partial charge on any atom is 0.387 e. The topological polar surface area (TPSA) is 73.6 Å². The SMILES string of the molecule is COc1ccc(OC(F)F)c(NC(=O)C(C)C(C)N)c1.Cl. The highest BCUT2D eigenvalue weighted by Gasteiger charge is 2.19. The van der Waals surface area contributed by atoms with Gasteiger partial charge in [0.1, 0.15) is 11.5 Å². The highest BCUT2D eigenvalue weighted by atomic mass is 35.5. The van der Waals surface area contributed by atoms with Crippen molar-refractivity contribution >= 4 is 24.0 Å². The van der Waals surface area contributed by atoms with Gasteiger partial charge in [-0.1, -0.05) is 6.92 Å². The second kappa shape index (κ2) is 8.63. The number of hydrogen-bond acceptors (Lipinski definition) is 4. The van der Waals surface area contributed by atoms with Crippen LogP contribution in [0.2, 0.25) is 0 Å². The predicted octanol–water partition coefficient (Wildman–Crippen LogP) is 2.64. The van der Waals surface area contributed by atoms with Gasteiger partial charge >= 0.3 is 6.61 Å². The summed E-state index contributed by atoms with van der Waals surface area (Å²) in [6, 6.07) is 3.81. The first-order valence-electron chi connectivity index (χ1n) is 6.04. The first kappa shape index (κ1) is 19.4. The van der Waals surface area contributed by atoms with Crippen molar-refractivity contribution < 1.29 is 23.0 Å². The van der Waals surface area contributed by atoms with Crippen LogP contribution < -0.4 is 20.5 Å².